The van der Waals surface area contributed by atoms with E-state index in [0.717, 1.165) is 9.87 Å². The average Bonchev–Trinajstić information content (AvgIpc) is 3.02. The minimum Gasteiger partial charge on any atom is -0.495 e. The lowest BCUT2D eigenvalue weighted by atomic mass is 10.1. The predicted molar refractivity (Wildman–Crippen MR) is 165 cm³/mol. The number of hydrogen-bond donors (Lipinski definition) is 2. The van der Waals surface area contributed by atoms with Crippen molar-refractivity contribution in [3.63, 3.8) is 0 Å². The van der Waals surface area contributed by atoms with E-state index in [1.54, 1.807) is 24.3 Å². The standard InChI is InChI=1S/C31H30ClN3O7S/c1-40-27-15-13-22(32)17-26(27)35(43(38,39)23-14-16-28(41-2)29(18-23)42-3)20-30(36)34-25-12-8-7-11-24(25)31(37)33-19-21-9-5-4-6-10-21/h4-18H,19-20H2,1-3H3,(H,33,37)(H,34,36). The topological polar surface area (TPSA) is 123 Å². The molecule has 4 aromatic rings. The Labute approximate surface area is 255 Å². The van der Waals surface area contributed by atoms with Crippen LogP contribution in [0.5, 0.6) is 17.2 Å². The molecule has 0 unspecified atom stereocenters. The van der Waals surface area contributed by atoms with Gasteiger partial charge in [-0.2, -0.15) is 0 Å². The maximum absolute atomic E-state index is 14.0. The van der Waals surface area contributed by atoms with Crippen molar-refractivity contribution in [2.75, 3.05) is 37.5 Å². The molecule has 12 heteroatoms. The van der Waals surface area contributed by atoms with Gasteiger partial charge >= 0.3 is 0 Å². The average molecular weight is 624 g/mol. The summed E-state index contributed by atoms with van der Waals surface area (Å²) in [6.07, 6.45) is 0. The highest BCUT2D eigenvalue weighted by Crippen LogP contribution is 2.37. The number of anilines is 2. The number of nitrogens with zero attached hydrogens (tertiary/aromatic N) is 1. The second-order valence-corrected chi connectivity index (χ2v) is 11.4. The van der Waals surface area contributed by atoms with Crippen molar-refractivity contribution in [3.05, 3.63) is 107 Å². The normalized spacial score (nSPS) is 10.9. The van der Waals surface area contributed by atoms with E-state index in [2.05, 4.69) is 10.6 Å². The van der Waals surface area contributed by atoms with Gasteiger partial charge in [-0.1, -0.05) is 54.1 Å². The van der Waals surface area contributed by atoms with E-state index in [1.165, 1.54) is 57.7 Å². The highest BCUT2D eigenvalue weighted by Gasteiger charge is 2.31. The lowest BCUT2D eigenvalue weighted by molar-refractivity contribution is -0.114. The number of sulfonamides is 1. The largest absolute Gasteiger partial charge is 0.495 e. The Hall–Kier alpha value is -4.74. The molecule has 224 valence electrons. The van der Waals surface area contributed by atoms with Crippen molar-refractivity contribution in [3.8, 4) is 17.2 Å². The zero-order valence-corrected chi connectivity index (χ0v) is 25.2. The van der Waals surface area contributed by atoms with E-state index < -0.39 is 28.4 Å². The third-order valence-corrected chi connectivity index (χ3v) is 8.37. The van der Waals surface area contributed by atoms with Crippen LogP contribution in [0.2, 0.25) is 5.02 Å². The van der Waals surface area contributed by atoms with Crippen LogP contribution in [-0.4, -0.2) is 48.1 Å². The van der Waals surface area contributed by atoms with E-state index in [1.807, 2.05) is 30.3 Å². The molecule has 0 bridgehead atoms. The molecular formula is C31H30ClN3O7S. The van der Waals surface area contributed by atoms with Crippen LogP contribution in [0.1, 0.15) is 15.9 Å². The molecular weight excluding hydrogens is 594 g/mol. The third-order valence-electron chi connectivity index (χ3n) is 6.38. The summed E-state index contributed by atoms with van der Waals surface area (Å²) in [7, 11) is -0.210. The molecule has 0 radical (unpaired) electrons. The van der Waals surface area contributed by atoms with Gasteiger partial charge in [-0.15, -0.1) is 0 Å². The van der Waals surface area contributed by atoms with E-state index >= 15 is 0 Å². The zero-order chi connectivity index (χ0) is 31.0. The number of nitrogens with one attached hydrogen (secondary N) is 2. The molecule has 0 saturated carbocycles. The van der Waals surface area contributed by atoms with Gasteiger partial charge in [-0.3, -0.25) is 13.9 Å². The number of methoxy groups -OCH3 is 3. The zero-order valence-electron chi connectivity index (χ0n) is 23.7. The van der Waals surface area contributed by atoms with Crippen molar-refractivity contribution in [2.45, 2.75) is 11.4 Å². The Balaban J connectivity index is 1.66. The Morgan fingerprint density at radius 1 is 0.791 bits per heavy atom. The number of amides is 2. The van der Waals surface area contributed by atoms with E-state index in [4.69, 9.17) is 25.8 Å². The SMILES string of the molecule is COc1ccc(S(=O)(=O)N(CC(=O)Nc2ccccc2C(=O)NCc2ccccc2)c2cc(Cl)ccc2OC)cc1OC. The van der Waals surface area contributed by atoms with Crippen molar-refractivity contribution in [1.82, 2.24) is 5.32 Å². The number of para-hydroxylation sites is 1. The van der Waals surface area contributed by atoms with Gasteiger partial charge in [0.2, 0.25) is 5.91 Å². The fraction of sp³-hybridized carbons (Fsp3) is 0.161. The summed E-state index contributed by atoms with van der Waals surface area (Å²) in [5.74, 6) is -0.447. The van der Waals surface area contributed by atoms with Gasteiger partial charge in [0.15, 0.2) is 11.5 Å². The van der Waals surface area contributed by atoms with Crippen LogP contribution >= 0.6 is 11.6 Å². The van der Waals surface area contributed by atoms with Crippen LogP contribution in [-0.2, 0) is 21.4 Å². The summed E-state index contributed by atoms with van der Waals surface area (Å²) in [6, 6.07) is 24.3. The Kier molecular flexibility index (Phi) is 10.1. The summed E-state index contributed by atoms with van der Waals surface area (Å²) in [6.45, 7) is -0.388. The molecule has 0 aliphatic carbocycles. The quantitative estimate of drug-likeness (QED) is 0.224. The van der Waals surface area contributed by atoms with Crippen molar-refractivity contribution >= 4 is 44.8 Å². The first-order valence-electron chi connectivity index (χ1n) is 13.0. The summed E-state index contributed by atoms with van der Waals surface area (Å²) in [5, 5.41) is 5.74. The fourth-order valence-corrected chi connectivity index (χ4v) is 5.85. The van der Waals surface area contributed by atoms with Gasteiger partial charge in [-0.05, 0) is 48.0 Å². The Bertz CT molecular complexity index is 1720. The second kappa shape index (κ2) is 14.0. The van der Waals surface area contributed by atoms with Gasteiger partial charge in [0.25, 0.3) is 15.9 Å². The van der Waals surface area contributed by atoms with Crippen LogP contribution in [0.4, 0.5) is 11.4 Å². The first-order valence-corrected chi connectivity index (χ1v) is 14.8. The van der Waals surface area contributed by atoms with Crippen LogP contribution in [0.15, 0.2) is 95.9 Å². The summed E-state index contributed by atoms with van der Waals surface area (Å²) < 4.78 is 44.9. The molecule has 0 aliphatic rings. The Morgan fingerprint density at radius 2 is 1.44 bits per heavy atom. The molecule has 2 amide bonds. The first-order chi connectivity index (χ1) is 20.7. The minimum absolute atomic E-state index is 0.0359. The second-order valence-electron chi connectivity index (χ2n) is 9.11. The number of ether oxygens (including phenoxy) is 3. The Morgan fingerprint density at radius 3 is 2.14 bits per heavy atom. The molecule has 0 aromatic heterocycles. The van der Waals surface area contributed by atoms with Gasteiger partial charge in [-0.25, -0.2) is 8.42 Å². The third kappa shape index (κ3) is 7.37. The number of hydrogen-bond acceptors (Lipinski definition) is 7. The predicted octanol–water partition coefficient (Wildman–Crippen LogP) is 5.13. The number of rotatable bonds is 12. The van der Waals surface area contributed by atoms with Crippen LogP contribution in [0.25, 0.3) is 0 Å². The molecule has 0 heterocycles. The molecule has 0 fully saturated rings. The number of carbonyl (C=O) groups excluding carboxylic acids is 2. The van der Waals surface area contributed by atoms with Gasteiger partial charge < -0.3 is 24.8 Å². The summed E-state index contributed by atoms with van der Waals surface area (Å²) >= 11 is 6.24. The van der Waals surface area contributed by atoms with Gasteiger partial charge in [0.05, 0.1) is 43.2 Å². The first kappa shape index (κ1) is 31.2. The molecule has 2 N–H and O–H groups in total. The van der Waals surface area contributed by atoms with E-state index in [0.29, 0.717) is 5.75 Å². The molecule has 10 nitrogen and oxygen atoms in total. The molecule has 0 aliphatic heterocycles. The lowest BCUT2D eigenvalue weighted by Gasteiger charge is -2.26. The molecule has 0 spiro atoms. The van der Waals surface area contributed by atoms with Crippen LogP contribution < -0.4 is 29.1 Å². The molecule has 4 aromatic carbocycles. The van der Waals surface area contributed by atoms with Gasteiger partial charge in [0, 0.05) is 17.6 Å². The van der Waals surface area contributed by atoms with Gasteiger partial charge in [0.1, 0.15) is 12.3 Å². The maximum atomic E-state index is 14.0. The van der Waals surface area contributed by atoms with E-state index in [-0.39, 0.29) is 44.9 Å². The number of halogens is 1. The van der Waals surface area contributed by atoms with Crippen molar-refractivity contribution in [2.24, 2.45) is 0 Å². The molecule has 0 saturated heterocycles. The molecule has 4 rings (SSSR count). The maximum Gasteiger partial charge on any atom is 0.265 e. The highest BCUT2D eigenvalue weighted by atomic mass is 35.5. The van der Waals surface area contributed by atoms with Crippen LogP contribution in [0.3, 0.4) is 0 Å². The lowest BCUT2D eigenvalue weighted by Crippen LogP contribution is -2.38. The summed E-state index contributed by atoms with van der Waals surface area (Å²) in [5.41, 5.74) is 1.36. The monoisotopic (exact) mass is 623 g/mol. The summed E-state index contributed by atoms with van der Waals surface area (Å²) in [4.78, 5) is 26.3. The number of benzene rings is 4. The highest BCUT2D eigenvalue weighted by molar-refractivity contribution is 7.92. The molecule has 0 atom stereocenters. The molecule has 43 heavy (non-hydrogen) atoms. The fourth-order valence-electron chi connectivity index (χ4n) is 4.25. The smallest absolute Gasteiger partial charge is 0.265 e. The van der Waals surface area contributed by atoms with Crippen molar-refractivity contribution in [1.29, 1.82) is 0 Å². The minimum atomic E-state index is -4.40. The van der Waals surface area contributed by atoms with E-state index in [9.17, 15) is 18.0 Å². The van der Waals surface area contributed by atoms with Crippen molar-refractivity contribution < 1.29 is 32.2 Å². The number of carbonyl (C=O) groups is 2. The van der Waals surface area contributed by atoms with Crippen LogP contribution in [0, 0.1) is 0 Å².